The smallest absolute Gasteiger partial charge is 0.156 e. The Bertz CT molecular complexity index is 2450. The Morgan fingerprint density at radius 3 is 1.40 bits per heavy atom. The molecule has 506 valence electrons. The van der Waals surface area contributed by atoms with Crippen molar-refractivity contribution < 1.29 is 0 Å². The van der Waals surface area contributed by atoms with Crippen molar-refractivity contribution in [2.45, 2.75) is 453 Å². The highest BCUT2D eigenvalue weighted by molar-refractivity contribution is 8.00. The van der Waals surface area contributed by atoms with Crippen LogP contribution in [0.25, 0.3) is 0 Å². The molecule has 0 aromatic heterocycles. The van der Waals surface area contributed by atoms with Crippen LogP contribution in [0.3, 0.4) is 0 Å². The molecule has 0 amide bonds. The molecule has 15 aliphatic carbocycles. The van der Waals surface area contributed by atoms with Gasteiger partial charge in [-0.05, 0) is 253 Å². The van der Waals surface area contributed by atoms with E-state index in [1.165, 1.54) is 154 Å². The first-order chi connectivity index (χ1) is 44.8. The zero-order valence-corrected chi connectivity index (χ0v) is 60.2. The maximum Gasteiger partial charge on any atom is 0.156 e. The molecule has 26 atom stereocenters. The van der Waals surface area contributed by atoms with E-state index >= 15 is 0 Å². The second kappa shape index (κ2) is 25.7. The molecule has 0 aromatic carbocycles. The predicted molar refractivity (Wildman–Crippen MR) is 386 cm³/mol. The van der Waals surface area contributed by atoms with Crippen LogP contribution in [0.2, 0.25) is 34.9 Å². The van der Waals surface area contributed by atoms with Crippen molar-refractivity contribution in [3.05, 3.63) is 0 Å². The summed E-state index contributed by atoms with van der Waals surface area (Å²) < 4.78 is 0. The van der Waals surface area contributed by atoms with Crippen molar-refractivity contribution in [1.82, 2.24) is 19.6 Å². The molecular formula is C84H138B2N4S. The van der Waals surface area contributed by atoms with Crippen LogP contribution in [0.1, 0.15) is 335 Å². The van der Waals surface area contributed by atoms with E-state index in [2.05, 4.69) is 52.1 Å². The molecule has 0 aromatic rings. The number of rotatable bonds is 7. The fourth-order valence-corrected chi connectivity index (χ4v) is 35.5. The standard InChI is InChI=1S/C84H138B2N4S/c1-84(2,3)57-47-75-82-76(48-57)90(62-35-17-8-18-36-62)74-52-78-71(51-70(74)85(82)68-40-19-20-41-72(68)88(75)60-31-13-6-14-32-60)86-69-46-54(56-44-55-26-23-38-65-64-37-21-24-53-25-22-39-66(80(53)64)67(45-56)81(55)65)42-43-73(69)89(61-33-15-7-16-34-61)77-49-63(50-79(91-78)83(77)86)87(58-27-9-4-10-28-58)59-29-11-5-12-30-59/h53-83H,4-52H2,1-3H3/t53-,54?,55?,56?,57-,63?,64+,65?,66-,67?,68?,69-,70-,71+,72-,73?,74?,75+,76-,77?,78?,79?,80?,81-,82?,83-/m1/s1. The topological polar surface area (TPSA) is 13.0 Å². The first-order valence-corrected chi connectivity index (χ1v) is 44.5. The highest BCUT2D eigenvalue weighted by Gasteiger charge is 2.71. The highest BCUT2D eigenvalue weighted by atomic mass is 32.2. The third-order valence-corrected chi connectivity index (χ3v) is 37.7. The summed E-state index contributed by atoms with van der Waals surface area (Å²) in [5, 5.41) is 1.81. The summed E-state index contributed by atoms with van der Waals surface area (Å²) in [7, 11) is 0. The van der Waals surface area contributed by atoms with Gasteiger partial charge in [-0.15, -0.1) is 0 Å². The normalized spacial score (nSPS) is 50.5. The van der Waals surface area contributed by atoms with Gasteiger partial charge in [0.2, 0.25) is 0 Å². The average molecular weight is 1260 g/mol. The first kappa shape index (κ1) is 62.3. The van der Waals surface area contributed by atoms with Crippen LogP contribution in [-0.4, -0.2) is 116 Å². The van der Waals surface area contributed by atoms with Crippen LogP contribution in [0, 0.1) is 70.5 Å². The Morgan fingerprint density at radius 2 is 0.791 bits per heavy atom. The molecule has 91 heavy (non-hydrogen) atoms. The van der Waals surface area contributed by atoms with Crippen LogP contribution < -0.4 is 0 Å². The van der Waals surface area contributed by atoms with Crippen molar-refractivity contribution >= 4 is 25.2 Å². The molecule has 19 fully saturated rings. The van der Waals surface area contributed by atoms with Gasteiger partial charge in [0.05, 0.1) is 0 Å². The number of thioether (sulfide) groups is 1. The lowest BCUT2D eigenvalue weighted by Gasteiger charge is -2.72. The monoisotopic (exact) mass is 1260 g/mol. The van der Waals surface area contributed by atoms with E-state index in [0.717, 1.165) is 196 Å². The van der Waals surface area contributed by atoms with Gasteiger partial charge in [-0.25, -0.2) is 0 Å². The van der Waals surface area contributed by atoms with E-state index < -0.39 is 0 Å². The Labute approximate surface area is 565 Å². The average Bonchev–Trinajstić information content (AvgIpc) is 0.738. The fraction of sp³-hybridized carbons (Fsp3) is 1.00. The van der Waals surface area contributed by atoms with Crippen LogP contribution >= 0.6 is 11.8 Å². The number of hydrogen-bond donors (Lipinski definition) is 0. The Morgan fingerprint density at radius 1 is 0.297 bits per heavy atom. The van der Waals surface area contributed by atoms with Crippen molar-refractivity contribution in [3.63, 3.8) is 0 Å². The van der Waals surface area contributed by atoms with E-state index in [-0.39, 0.29) is 0 Å². The predicted octanol–water partition coefficient (Wildman–Crippen LogP) is 21.5. The third-order valence-electron chi connectivity index (χ3n) is 36.0. The molecule has 4 saturated heterocycles. The zero-order chi connectivity index (χ0) is 60.2. The van der Waals surface area contributed by atoms with Gasteiger partial charge in [-0.3, -0.25) is 19.6 Å². The molecule has 0 N–H and O–H groups in total. The molecule has 14 unspecified atom stereocenters. The first-order valence-electron chi connectivity index (χ1n) is 43.5. The summed E-state index contributed by atoms with van der Waals surface area (Å²) >= 11 is 2.84. The Balaban J connectivity index is 0.724. The van der Waals surface area contributed by atoms with Gasteiger partial charge in [0.15, 0.2) is 13.4 Å². The third kappa shape index (κ3) is 10.7. The summed E-state index contributed by atoms with van der Waals surface area (Å²) in [6.45, 7) is 10.2. The SMILES string of the molecule is CC(C)(C)[C@H]1C[C@@H]2C3B(C4CCCC[C@H]4N(C4CCCCC4)[C@H]3C1)[C@@H]1C[C@@H]3B4[C@H]5C(CC(N(C6CCCCC6)C6CCCCC6)CC5N(C5CCCCC5)C5CCC(C6CC7CCCC8[C@@H]9CCC[C@@H]%10CCC[C@@H](C%109)C(C6)[C@H]78)C[C@@H]45)SC3CC1N2C1CCCCC1. The lowest BCUT2D eigenvalue weighted by atomic mass is 9.15. The molecule has 19 rings (SSSR count). The fourth-order valence-electron chi connectivity index (χ4n) is 33.4. The number of nitrogens with zero attached hydrogens (tertiary/aromatic N) is 4. The van der Waals surface area contributed by atoms with E-state index in [9.17, 15) is 0 Å². The maximum atomic E-state index is 3.67. The van der Waals surface area contributed by atoms with Gasteiger partial charge in [0.1, 0.15) is 0 Å². The molecule has 4 aliphatic heterocycles. The van der Waals surface area contributed by atoms with Gasteiger partial charge >= 0.3 is 0 Å². The Kier molecular flexibility index (Phi) is 17.6. The van der Waals surface area contributed by atoms with Gasteiger partial charge in [-0.2, -0.15) is 11.8 Å². The Hall–Kier alpha value is 0.320. The lowest BCUT2D eigenvalue weighted by molar-refractivity contribution is -0.152. The second-order valence-electron chi connectivity index (χ2n) is 40.2. The van der Waals surface area contributed by atoms with Crippen molar-refractivity contribution in [1.29, 1.82) is 0 Å². The van der Waals surface area contributed by atoms with Crippen molar-refractivity contribution in [2.24, 2.45) is 70.5 Å². The largest absolute Gasteiger partial charge is 0.295 e. The molecular weight excluding hydrogens is 1120 g/mol. The van der Waals surface area contributed by atoms with Gasteiger partial charge < -0.3 is 0 Å². The van der Waals surface area contributed by atoms with Gasteiger partial charge in [0.25, 0.3) is 0 Å². The quantitative estimate of drug-likeness (QED) is 0.235. The minimum Gasteiger partial charge on any atom is -0.295 e. The van der Waals surface area contributed by atoms with Gasteiger partial charge in [0, 0.05) is 83.0 Å². The molecule has 0 bridgehead atoms. The molecule has 0 spiro atoms. The number of hydrogen-bond acceptors (Lipinski definition) is 5. The van der Waals surface area contributed by atoms with Crippen LogP contribution in [-0.2, 0) is 0 Å². The minimum absolute atomic E-state index is 0.396. The van der Waals surface area contributed by atoms with Crippen LogP contribution in [0.4, 0.5) is 0 Å². The second-order valence-corrected chi connectivity index (χ2v) is 41.7. The molecule has 15 saturated carbocycles. The minimum atomic E-state index is 0.396. The summed E-state index contributed by atoms with van der Waals surface area (Å²) in [4.78, 5) is 14.4. The van der Waals surface area contributed by atoms with Crippen LogP contribution in [0.5, 0.6) is 0 Å². The van der Waals surface area contributed by atoms with E-state index in [4.69, 9.17) is 0 Å². The number of fused-ring (bicyclic) bond motifs is 10. The molecule has 19 aliphatic rings. The summed E-state index contributed by atoms with van der Waals surface area (Å²) in [5.74, 6) is 17.8. The van der Waals surface area contributed by atoms with Crippen LogP contribution in [0.15, 0.2) is 0 Å². The summed E-state index contributed by atoms with van der Waals surface area (Å²) in [5.41, 5.74) is 0.396. The van der Waals surface area contributed by atoms with E-state index in [1.807, 2.05) is 0 Å². The lowest BCUT2D eigenvalue weighted by Crippen LogP contribution is -2.76. The van der Waals surface area contributed by atoms with Gasteiger partial charge in [-0.1, -0.05) is 188 Å². The molecule has 0 radical (unpaired) electrons. The molecule has 4 nitrogen and oxygen atoms in total. The molecule has 4 heterocycles. The zero-order valence-electron chi connectivity index (χ0n) is 59.4. The van der Waals surface area contributed by atoms with E-state index in [1.54, 1.807) is 161 Å². The van der Waals surface area contributed by atoms with Crippen molar-refractivity contribution in [2.75, 3.05) is 0 Å². The van der Waals surface area contributed by atoms with Crippen molar-refractivity contribution in [3.8, 4) is 0 Å². The maximum absolute atomic E-state index is 3.67. The molecule has 7 heteroatoms. The highest BCUT2D eigenvalue weighted by Crippen LogP contribution is 2.73. The summed E-state index contributed by atoms with van der Waals surface area (Å²) in [6, 6.07) is 10.4. The summed E-state index contributed by atoms with van der Waals surface area (Å²) in [6.07, 6.45) is 76.8. The van der Waals surface area contributed by atoms with E-state index in [0.29, 0.717) is 5.41 Å².